The molecule has 0 rings (SSSR count). The van der Waals surface area contributed by atoms with Crippen molar-refractivity contribution in [2.75, 3.05) is 39.6 Å². The maximum absolute atomic E-state index is 13.1. The molecule has 0 aromatic rings. The number of phosphoric ester groups is 2. The molecule has 0 saturated heterocycles. The summed E-state index contributed by atoms with van der Waals surface area (Å²) < 4.78 is 68.3. The van der Waals surface area contributed by atoms with E-state index in [1.165, 1.54) is 109 Å². The van der Waals surface area contributed by atoms with Crippen molar-refractivity contribution in [1.29, 1.82) is 0 Å². The lowest BCUT2D eigenvalue weighted by Gasteiger charge is -2.21. The van der Waals surface area contributed by atoms with E-state index in [2.05, 4.69) is 101 Å². The van der Waals surface area contributed by atoms with Crippen LogP contribution in [0.2, 0.25) is 0 Å². The summed E-state index contributed by atoms with van der Waals surface area (Å²) in [5, 5.41) is 10.6. The molecule has 0 spiro atoms. The van der Waals surface area contributed by atoms with Crippen LogP contribution in [-0.4, -0.2) is 96.7 Å². The molecule has 0 aliphatic heterocycles. The number of phosphoric acid groups is 2. The zero-order chi connectivity index (χ0) is 70.4. The first-order valence-corrected chi connectivity index (χ1v) is 40.8. The molecule has 0 heterocycles. The fourth-order valence-electron chi connectivity index (χ4n) is 10.1. The Morgan fingerprint density at radius 3 is 0.927 bits per heavy atom. The van der Waals surface area contributed by atoms with Crippen LogP contribution in [0.15, 0.2) is 85.1 Å². The van der Waals surface area contributed by atoms with Gasteiger partial charge in [0.1, 0.15) is 19.3 Å². The number of carbonyl (C=O) groups excluding carboxylic acids is 4. The van der Waals surface area contributed by atoms with Crippen LogP contribution in [0.4, 0.5) is 0 Å². The van der Waals surface area contributed by atoms with Crippen LogP contribution in [0, 0.1) is 0 Å². The molecule has 0 saturated carbocycles. The number of ether oxygens (including phenoxy) is 4. The second-order valence-corrected chi connectivity index (χ2v) is 28.1. The topological polar surface area (TPSA) is 237 Å². The van der Waals surface area contributed by atoms with Gasteiger partial charge < -0.3 is 33.8 Å². The Bertz CT molecular complexity index is 2160. The van der Waals surface area contributed by atoms with E-state index in [1.54, 1.807) is 0 Å². The van der Waals surface area contributed by atoms with Crippen molar-refractivity contribution in [1.82, 2.24) is 0 Å². The summed E-state index contributed by atoms with van der Waals surface area (Å²) in [6.45, 7) is 4.65. The van der Waals surface area contributed by atoms with Crippen molar-refractivity contribution in [2.24, 2.45) is 0 Å². The predicted molar refractivity (Wildman–Crippen MR) is 390 cm³/mol. The number of rotatable bonds is 71. The Morgan fingerprint density at radius 1 is 0.302 bits per heavy atom. The first kappa shape index (κ1) is 92.2. The Morgan fingerprint density at radius 2 is 0.562 bits per heavy atom. The zero-order valence-corrected chi connectivity index (χ0v) is 62.3. The van der Waals surface area contributed by atoms with E-state index >= 15 is 0 Å². The molecule has 0 amide bonds. The lowest BCUT2D eigenvalue weighted by atomic mass is 10.0. The molecule has 19 heteroatoms. The Kier molecular flexibility index (Phi) is 67.0. The molecular formula is C77H136O17P2. The Hall–Kier alpha value is -3.76. The van der Waals surface area contributed by atoms with Gasteiger partial charge in [-0.3, -0.25) is 37.3 Å². The maximum Gasteiger partial charge on any atom is 0.472 e. The summed E-state index contributed by atoms with van der Waals surface area (Å²) in [4.78, 5) is 72.7. The number of hydrogen-bond donors (Lipinski definition) is 3. The standard InChI is InChI=1S/C77H136O17P2/c1-5-9-13-17-21-25-29-32-34-35-37-40-43-46-50-54-58-62-75(80)87-67-72(93-76(81)63-59-55-51-47-41-28-24-20-16-12-8-4)69-91-95(83,84)89-65-71(78)66-90-96(85,86)92-70-73(94-77(82)64-60-56-52-48-44-38-31-27-23-19-15-11-7-3)68-88-74(79)61-57-53-49-45-42-39-36-33-30-26-22-18-14-10-6-2/h9,13,20-21,24-25,27,31-32,34,37,40,46,50,71-73,78H,5-8,10-12,14-19,22-23,26,28-30,33,35-36,38-39,41-45,47-49,51-70H2,1-4H3,(H,83,84)(H,85,86)/b13-9-,24-20-,25-21-,31-27-,34-32-,40-37-,50-46-. The molecule has 5 atom stereocenters. The third-order valence-electron chi connectivity index (χ3n) is 15.8. The second kappa shape index (κ2) is 69.7. The minimum absolute atomic E-state index is 0.0729. The van der Waals surface area contributed by atoms with Crippen molar-refractivity contribution in [3.05, 3.63) is 85.1 Å². The van der Waals surface area contributed by atoms with Crippen molar-refractivity contribution in [3.8, 4) is 0 Å². The van der Waals surface area contributed by atoms with Crippen molar-refractivity contribution >= 4 is 39.5 Å². The van der Waals surface area contributed by atoms with Crippen molar-refractivity contribution in [2.45, 2.75) is 341 Å². The van der Waals surface area contributed by atoms with Crippen LogP contribution in [0.3, 0.4) is 0 Å². The number of unbranched alkanes of at least 4 members (excludes halogenated alkanes) is 31. The van der Waals surface area contributed by atoms with Crippen LogP contribution in [0.25, 0.3) is 0 Å². The highest BCUT2D eigenvalue weighted by molar-refractivity contribution is 7.47. The maximum atomic E-state index is 13.1. The normalized spacial score (nSPS) is 14.4. The van der Waals surface area contributed by atoms with E-state index < -0.39 is 97.5 Å². The molecule has 0 aromatic heterocycles. The van der Waals surface area contributed by atoms with Crippen molar-refractivity contribution in [3.63, 3.8) is 0 Å². The van der Waals surface area contributed by atoms with Gasteiger partial charge in [-0.15, -0.1) is 0 Å². The zero-order valence-electron chi connectivity index (χ0n) is 60.5. The van der Waals surface area contributed by atoms with Crippen LogP contribution in [0.5, 0.6) is 0 Å². The largest absolute Gasteiger partial charge is 0.472 e. The summed E-state index contributed by atoms with van der Waals surface area (Å²) in [6, 6.07) is 0. The van der Waals surface area contributed by atoms with Gasteiger partial charge >= 0.3 is 39.5 Å². The summed E-state index contributed by atoms with van der Waals surface area (Å²) >= 11 is 0. The van der Waals surface area contributed by atoms with E-state index in [0.29, 0.717) is 32.1 Å². The van der Waals surface area contributed by atoms with Gasteiger partial charge in [0.2, 0.25) is 0 Å². The number of allylic oxidation sites excluding steroid dienone is 14. The molecule has 96 heavy (non-hydrogen) atoms. The second-order valence-electron chi connectivity index (χ2n) is 25.2. The van der Waals surface area contributed by atoms with Gasteiger partial charge in [0.05, 0.1) is 26.4 Å². The predicted octanol–water partition coefficient (Wildman–Crippen LogP) is 21.4. The average molecular weight is 1400 g/mol. The third kappa shape index (κ3) is 68.8. The molecule has 0 aliphatic rings. The van der Waals surface area contributed by atoms with Gasteiger partial charge in [-0.2, -0.15) is 0 Å². The molecule has 0 aromatic carbocycles. The lowest BCUT2D eigenvalue weighted by molar-refractivity contribution is -0.161. The van der Waals surface area contributed by atoms with Gasteiger partial charge in [-0.05, 0) is 109 Å². The van der Waals surface area contributed by atoms with Crippen LogP contribution >= 0.6 is 15.6 Å². The smallest absolute Gasteiger partial charge is 0.462 e. The summed E-state index contributed by atoms with van der Waals surface area (Å²) in [5.74, 6) is -2.24. The number of carbonyl (C=O) groups is 4. The fourth-order valence-corrected chi connectivity index (χ4v) is 11.6. The SMILES string of the molecule is CC/C=C\C/C=C\C/C=C\C/C=C\C/C=C\CCCC(=O)OCC(COP(=O)(O)OCC(O)COP(=O)(O)OCC(COC(=O)CCCCCCCCCCCCCCCCC)OC(=O)CCCCCCC/C=C\CCCCCC)OC(=O)CCCCCCC/C=C\CCCC. The molecule has 0 fully saturated rings. The molecule has 3 N–H and O–H groups in total. The van der Waals surface area contributed by atoms with E-state index in [-0.39, 0.29) is 25.7 Å². The fraction of sp³-hybridized carbons (Fsp3) is 0.766. The highest BCUT2D eigenvalue weighted by atomic mass is 31.2. The molecule has 5 unspecified atom stereocenters. The first-order valence-electron chi connectivity index (χ1n) is 37.8. The quantitative estimate of drug-likeness (QED) is 0.0169. The minimum atomic E-state index is -4.98. The highest BCUT2D eigenvalue weighted by Gasteiger charge is 2.30. The molecule has 556 valence electrons. The van der Waals surface area contributed by atoms with Crippen molar-refractivity contribution < 1.29 is 80.2 Å². The van der Waals surface area contributed by atoms with E-state index in [4.69, 9.17) is 37.0 Å². The molecule has 17 nitrogen and oxygen atoms in total. The van der Waals surface area contributed by atoms with Crippen LogP contribution in [0.1, 0.15) is 323 Å². The molecule has 0 radical (unpaired) electrons. The summed E-state index contributed by atoms with van der Waals surface area (Å²) in [7, 11) is -9.95. The van der Waals surface area contributed by atoms with Gasteiger partial charge in [0.25, 0.3) is 0 Å². The van der Waals surface area contributed by atoms with Gasteiger partial charge in [0, 0.05) is 25.7 Å². The Balaban J connectivity index is 5.34. The minimum Gasteiger partial charge on any atom is -0.462 e. The number of hydrogen-bond acceptors (Lipinski definition) is 15. The van der Waals surface area contributed by atoms with E-state index in [0.717, 1.165) is 128 Å². The summed E-state index contributed by atoms with van der Waals surface area (Å²) in [6.07, 6.45) is 70.2. The number of aliphatic hydroxyl groups excluding tert-OH is 1. The monoisotopic (exact) mass is 1390 g/mol. The highest BCUT2D eigenvalue weighted by Crippen LogP contribution is 2.45. The van der Waals surface area contributed by atoms with E-state index in [1.807, 2.05) is 12.2 Å². The van der Waals surface area contributed by atoms with Crippen LogP contribution < -0.4 is 0 Å². The number of esters is 4. The lowest BCUT2D eigenvalue weighted by Crippen LogP contribution is -2.30. The molecular weight excluding hydrogens is 1260 g/mol. The Labute approximate surface area is 583 Å². The van der Waals surface area contributed by atoms with Gasteiger partial charge in [0.15, 0.2) is 12.2 Å². The third-order valence-corrected chi connectivity index (χ3v) is 17.7. The van der Waals surface area contributed by atoms with Crippen LogP contribution in [-0.2, 0) is 65.4 Å². The van der Waals surface area contributed by atoms with Gasteiger partial charge in [-0.25, -0.2) is 9.13 Å². The van der Waals surface area contributed by atoms with E-state index in [9.17, 15) is 43.2 Å². The number of aliphatic hydroxyl groups is 1. The summed E-state index contributed by atoms with van der Waals surface area (Å²) in [5.41, 5.74) is 0. The molecule has 0 bridgehead atoms. The first-order chi connectivity index (χ1) is 46.7. The molecule has 0 aliphatic carbocycles. The van der Waals surface area contributed by atoms with Gasteiger partial charge in [-0.1, -0.05) is 273 Å². The average Bonchev–Trinajstić information content (AvgIpc) is 1.13.